The summed E-state index contributed by atoms with van der Waals surface area (Å²) < 4.78 is 10.7. The average molecular weight is 373 g/mol. The van der Waals surface area contributed by atoms with Gasteiger partial charge in [-0.2, -0.15) is 0 Å². The molecule has 0 aliphatic heterocycles. The Hall–Kier alpha value is -2.37. The minimum atomic E-state index is -0.916. The molecule has 0 aromatic heterocycles. The molecule has 6 heteroatoms. The number of rotatable bonds is 5. The maximum atomic E-state index is 12.5. The van der Waals surface area contributed by atoms with Gasteiger partial charge in [0.05, 0.1) is 18.7 Å². The number of aryl methyl sites for hydroxylation is 1. The summed E-state index contributed by atoms with van der Waals surface area (Å²) in [5, 5.41) is 2.76. The van der Waals surface area contributed by atoms with Gasteiger partial charge in [0.15, 0.2) is 6.10 Å². The smallest absolute Gasteiger partial charge is 0.309 e. The molecule has 2 aliphatic carbocycles. The predicted molar refractivity (Wildman–Crippen MR) is 100 cm³/mol. The van der Waals surface area contributed by atoms with Crippen LogP contribution in [0.5, 0.6) is 5.75 Å². The number of Topliss-reactive ketones (excluding diaryl/α,β-unsaturated/α-hetero) is 1. The van der Waals surface area contributed by atoms with E-state index in [1.807, 2.05) is 13.0 Å². The lowest BCUT2D eigenvalue weighted by molar-refractivity contribution is -0.161. The van der Waals surface area contributed by atoms with Crippen LogP contribution in [0.1, 0.15) is 44.6 Å². The van der Waals surface area contributed by atoms with E-state index in [9.17, 15) is 14.4 Å². The van der Waals surface area contributed by atoms with Gasteiger partial charge in [-0.3, -0.25) is 14.4 Å². The van der Waals surface area contributed by atoms with Crippen LogP contribution in [-0.4, -0.2) is 30.9 Å². The summed E-state index contributed by atoms with van der Waals surface area (Å²) in [6.45, 7) is 3.48. The van der Waals surface area contributed by atoms with Crippen molar-refractivity contribution >= 4 is 23.3 Å². The Kier molecular flexibility index (Phi) is 5.82. The van der Waals surface area contributed by atoms with Gasteiger partial charge >= 0.3 is 5.97 Å². The molecule has 0 heterocycles. The maximum Gasteiger partial charge on any atom is 0.309 e. The largest absolute Gasteiger partial charge is 0.495 e. The van der Waals surface area contributed by atoms with Crippen LogP contribution in [0.15, 0.2) is 18.2 Å². The fourth-order valence-electron chi connectivity index (χ4n) is 4.15. The lowest BCUT2D eigenvalue weighted by Gasteiger charge is -2.36. The molecule has 6 nitrogen and oxygen atoms in total. The SMILES string of the molecule is COc1ccc(C)cc1NC(=O)[C@@H](C)OC(=O)C1C[C@H]2CCC[C@@H](C1)C2=O. The van der Waals surface area contributed by atoms with E-state index in [-0.39, 0.29) is 23.7 Å². The highest BCUT2D eigenvalue weighted by molar-refractivity contribution is 5.96. The van der Waals surface area contributed by atoms with E-state index in [2.05, 4.69) is 5.32 Å². The summed E-state index contributed by atoms with van der Waals surface area (Å²) in [5.41, 5.74) is 1.53. The van der Waals surface area contributed by atoms with E-state index in [0.29, 0.717) is 30.1 Å². The van der Waals surface area contributed by atoms with Crippen molar-refractivity contribution in [3.63, 3.8) is 0 Å². The second kappa shape index (κ2) is 8.11. The average Bonchev–Trinajstić information content (AvgIpc) is 2.61. The zero-order chi connectivity index (χ0) is 19.6. The van der Waals surface area contributed by atoms with Crippen molar-refractivity contribution in [3.05, 3.63) is 23.8 Å². The van der Waals surface area contributed by atoms with Gasteiger partial charge in [-0.25, -0.2) is 0 Å². The first kappa shape index (κ1) is 19.4. The molecular formula is C21H27NO5. The van der Waals surface area contributed by atoms with Gasteiger partial charge in [0, 0.05) is 11.8 Å². The van der Waals surface area contributed by atoms with Gasteiger partial charge in [0.25, 0.3) is 5.91 Å². The third-order valence-corrected chi connectivity index (χ3v) is 5.66. The fourth-order valence-corrected chi connectivity index (χ4v) is 4.15. The van der Waals surface area contributed by atoms with E-state index in [1.54, 1.807) is 19.1 Å². The van der Waals surface area contributed by atoms with E-state index in [0.717, 1.165) is 24.8 Å². The first-order chi connectivity index (χ1) is 12.9. The quantitative estimate of drug-likeness (QED) is 0.801. The second-order valence-corrected chi connectivity index (χ2v) is 7.67. The number of amides is 1. The van der Waals surface area contributed by atoms with Gasteiger partial charge in [-0.1, -0.05) is 12.5 Å². The van der Waals surface area contributed by atoms with Gasteiger partial charge in [0.1, 0.15) is 11.5 Å². The van der Waals surface area contributed by atoms with Crippen LogP contribution in [0.2, 0.25) is 0 Å². The van der Waals surface area contributed by atoms with Crippen LogP contribution in [0.25, 0.3) is 0 Å². The number of fused-ring (bicyclic) bond motifs is 2. The van der Waals surface area contributed by atoms with Crippen molar-refractivity contribution in [3.8, 4) is 5.75 Å². The van der Waals surface area contributed by atoms with Crippen LogP contribution >= 0.6 is 0 Å². The van der Waals surface area contributed by atoms with Gasteiger partial charge < -0.3 is 14.8 Å². The van der Waals surface area contributed by atoms with Crippen LogP contribution in [0.4, 0.5) is 5.69 Å². The summed E-state index contributed by atoms with van der Waals surface area (Å²) in [6, 6.07) is 5.47. The lowest BCUT2D eigenvalue weighted by Crippen LogP contribution is -2.41. The Labute approximate surface area is 159 Å². The van der Waals surface area contributed by atoms with E-state index < -0.39 is 12.0 Å². The Morgan fingerprint density at radius 2 is 1.85 bits per heavy atom. The molecule has 1 amide bonds. The highest BCUT2D eigenvalue weighted by Gasteiger charge is 2.42. The monoisotopic (exact) mass is 373 g/mol. The topological polar surface area (TPSA) is 81.7 Å². The molecule has 1 aromatic carbocycles. The zero-order valence-electron chi connectivity index (χ0n) is 16.1. The van der Waals surface area contributed by atoms with E-state index >= 15 is 0 Å². The van der Waals surface area contributed by atoms with Crippen LogP contribution in [0.3, 0.4) is 0 Å². The minimum Gasteiger partial charge on any atom is -0.495 e. The molecule has 2 aliphatic rings. The molecule has 1 N–H and O–H groups in total. The van der Waals surface area contributed by atoms with Crippen molar-refractivity contribution in [2.75, 3.05) is 12.4 Å². The number of anilines is 1. The fraction of sp³-hybridized carbons (Fsp3) is 0.571. The normalized spacial score (nSPS) is 25.4. The Balaban J connectivity index is 1.59. The van der Waals surface area contributed by atoms with E-state index in [4.69, 9.17) is 9.47 Å². The number of ether oxygens (including phenoxy) is 2. The first-order valence-corrected chi connectivity index (χ1v) is 9.58. The van der Waals surface area contributed by atoms with Crippen molar-refractivity contribution in [1.82, 2.24) is 0 Å². The molecule has 2 fully saturated rings. The number of nitrogens with one attached hydrogen (secondary N) is 1. The lowest BCUT2D eigenvalue weighted by atomic mass is 9.67. The number of benzene rings is 1. The third-order valence-electron chi connectivity index (χ3n) is 5.66. The molecule has 0 radical (unpaired) electrons. The molecule has 27 heavy (non-hydrogen) atoms. The number of hydrogen-bond donors (Lipinski definition) is 1. The maximum absolute atomic E-state index is 12.5. The summed E-state index contributed by atoms with van der Waals surface area (Å²) in [7, 11) is 1.53. The van der Waals surface area contributed by atoms with Crippen LogP contribution < -0.4 is 10.1 Å². The van der Waals surface area contributed by atoms with Crippen LogP contribution in [-0.2, 0) is 19.1 Å². The molecule has 1 aromatic rings. The molecular weight excluding hydrogens is 346 g/mol. The number of esters is 1. The molecule has 2 saturated carbocycles. The van der Waals surface area contributed by atoms with Gasteiger partial charge in [-0.15, -0.1) is 0 Å². The standard InChI is InChI=1S/C21H27NO5/c1-12-7-8-18(26-3)17(9-12)22-20(24)13(2)27-21(25)16-10-14-5-4-6-15(11-16)19(14)23/h7-9,13-16H,4-6,10-11H2,1-3H3,(H,22,24)/t13-,14-,15+,16?/m1/s1. The van der Waals surface area contributed by atoms with Crippen molar-refractivity contribution < 1.29 is 23.9 Å². The molecule has 146 valence electrons. The summed E-state index contributed by atoms with van der Waals surface area (Å²) in [6.07, 6.45) is 2.97. The van der Waals surface area contributed by atoms with Crippen molar-refractivity contribution in [2.24, 2.45) is 17.8 Å². The highest BCUT2D eigenvalue weighted by atomic mass is 16.5. The Bertz CT molecular complexity index is 728. The number of methoxy groups -OCH3 is 1. The molecule has 0 spiro atoms. The van der Waals surface area contributed by atoms with Crippen molar-refractivity contribution in [2.45, 2.75) is 52.1 Å². The Morgan fingerprint density at radius 3 is 2.48 bits per heavy atom. The predicted octanol–water partition coefficient (Wildman–Crippen LogP) is 3.27. The summed E-state index contributed by atoms with van der Waals surface area (Å²) in [5.74, 6) is -0.250. The second-order valence-electron chi connectivity index (χ2n) is 7.67. The molecule has 2 bridgehead atoms. The zero-order valence-corrected chi connectivity index (χ0v) is 16.1. The molecule has 0 saturated heterocycles. The minimum absolute atomic E-state index is 0.0178. The molecule has 1 unspecified atom stereocenters. The summed E-state index contributed by atoms with van der Waals surface area (Å²) >= 11 is 0. The van der Waals surface area contributed by atoms with Gasteiger partial charge in [0.2, 0.25) is 0 Å². The van der Waals surface area contributed by atoms with E-state index in [1.165, 1.54) is 7.11 Å². The molecule has 4 atom stereocenters. The highest BCUT2D eigenvalue weighted by Crippen LogP contribution is 2.40. The van der Waals surface area contributed by atoms with Crippen LogP contribution in [0, 0.1) is 24.7 Å². The third kappa shape index (κ3) is 4.31. The van der Waals surface area contributed by atoms with Gasteiger partial charge in [-0.05, 0) is 57.2 Å². The number of carbonyl (C=O) groups excluding carboxylic acids is 3. The summed E-state index contributed by atoms with van der Waals surface area (Å²) in [4.78, 5) is 37.2. The first-order valence-electron chi connectivity index (χ1n) is 9.58. The number of ketones is 1. The number of carbonyl (C=O) groups is 3. The number of hydrogen-bond acceptors (Lipinski definition) is 5. The van der Waals surface area contributed by atoms with Crippen molar-refractivity contribution in [1.29, 1.82) is 0 Å². The molecule has 3 rings (SSSR count). The Morgan fingerprint density at radius 1 is 1.19 bits per heavy atom.